The van der Waals surface area contributed by atoms with Crippen LogP contribution in [0.5, 0.6) is 0 Å². The fraction of sp³-hybridized carbons (Fsp3) is 0.654. The van der Waals surface area contributed by atoms with Gasteiger partial charge in [0.25, 0.3) is 0 Å². The Kier molecular flexibility index (Phi) is 17.2. The minimum atomic E-state index is -1.46. The molecule has 0 aliphatic heterocycles. The van der Waals surface area contributed by atoms with Gasteiger partial charge in [0.05, 0.1) is 0 Å². The van der Waals surface area contributed by atoms with E-state index in [9.17, 15) is 33.6 Å². The van der Waals surface area contributed by atoms with Crippen molar-refractivity contribution in [3.8, 4) is 0 Å². The maximum Gasteiger partial charge on any atom is 0.303 e. The fourth-order valence-electron chi connectivity index (χ4n) is 3.56. The van der Waals surface area contributed by atoms with Gasteiger partial charge in [-0.25, -0.2) is 0 Å². The number of hydrogen-bond acceptors (Lipinski definition) is 7. The highest BCUT2D eigenvalue weighted by molar-refractivity contribution is 5.94. The van der Waals surface area contributed by atoms with E-state index in [4.69, 9.17) is 15.3 Å². The smallest absolute Gasteiger partial charge is 0.303 e. The molecule has 0 spiro atoms. The van der Waals surface area contributed by atoms with Crippen molar-refractivity contribution in [2.24, 2.45) is 5.92 Å². The first kappa shape index (κ1) is 36.0. The summed E-state index contributed by atoms with van der Waals surface area (Å²) in [5, 5.41) is 36.7. The van der Waals surface area contributed by atoms with Gasteiger partial charge in [0, 0.05) is 32.7 Å². The Labute approximate surface area is 233 Å². The van der Waals surface area contributed by atoms with E-state index in [1.807, 2.05) is 13.8 Å². The molecule has 0 aromatic heterocycles. The molecule has 0 fully saturated rings. The van der Waals surface area contributed by atoms with Crippen LogP contribution in [0, 0.1) is 5.92 Å². The Hall–Kier alpha value is -3.97. The van der Waals surface area contributed by atoms with Crippen molar-refractivity contribution in [2.45, 2.75) is 96.7 Å². The minimum Gasteiger partial charge on any atom is -0.481 e. The van der Waals surface area contributed by atoms with Gasteiger partial charge in [-0.05, 0) is 44.9 Å². The largest absolute Gasteiger partial charge is 0.481 e. The molecule has 14 nitrogen and oxygen atoms in total. The second-order valence-corrected chi connectivity index (χ2v) is 9.71. The van der Waals surface area contributed by atoms with Crippen molar-refractivity contribution < 1.29 is 48.9 Å². The highest BCUT2D eigenvalue weighted by Gasteiger charge is 2.30. The van der Waals surface area contributed by atoms with Crippen molar-refractivity contribution in [3.05, 3.63) is 12.2 Å². The third-order valence-corrected chi connectivity index (χ3v) is 6.10. The van der Waals surface area contributed by atoms with Crippen LogP contribution in [0.25, 0.3) is 0 Å². The molecule has 0 aliphatic carbocycles. The van der Waals surface area contributed by atoms with Gasteiger partial charge >= 0.3 is 17.9 Å². The second kappa shape index (κ2) is 19.1. The lowest BCUT2D eigenvalue weighted by atomic mass is 9.98. The van der Waals surface area contributed by atoms with Crippen LogP contribution < -0.4 is 21.3 Å². The number of amides is 4. The fourth-order valence-corrected chi connectivity index (χ4v) is 3.56. The molecule has 0 aromatic rings. The van der Waals surface area contributed by atoms with Crippen LogP contribution in [0.2, 0.25) is 0 Å². The van der Waals surface area contributed by atoms with Crippen LogP contribution in [0.1, 0.15) is 78.6 Å². The van der Waals surface area contributed by atoms with Gasteiger partial charge in [0.2, 0.25) is 23.6 Å². The van der Waals surface area contributed by atoms with Crippen LogP contribution >= 0.6 is 0 Å². The van der Waals surface area contributed by atoms with Crippen LogP contribution in [-0.2, 0) is 33.6 Å². The Morgan fingerprint density at radius 2 is 1.02 bits per heavy atom. The van der Waals surface area contributed by atoms with E-state index in [0.29, 0.717) is 12.3 Å². The molecule has 0 aromatic carbocycles. The molecule has 0 radical (unpaired) electrons. The van der Waals surface area contributed by atoms with Crippen molar-refractivity contribution >= 4 is 41.5 Å². The molecule has 226 valence electrons. The van der Waals surface area contributed by atoms with E-state index in [1.165, 1.54) is 0 Å². The topological polar surface area (TPSA) is 228 Å². The highest BCUT2D eigenvalue weighted by atomic mass is 16.4. The van der Waals surface area contributed by atoms with Crippen molar-refractivity contribution in [1.82, 2.24) is 21.3 Å². The van der Waals surface area contributed by atoms with Gasteiger partial charge in [-0.1, -0.05) is 25.5 Å². The predicted molar refractivity (Wildman–Crippen MR) is 143 cm³/mol. The van der Waals surface area contributed by atoms with Crippen molar-refractivity contribution in [1.29, 1.82) is 0 Å². The summed E-state index contributed by atoms with van der Waals surface area (Å²) < 4.78 is 0. The lowest BCUT2D eigenvalue weighted by molar-refractivity contribution is -0.140. The summed E-state index contributed by atoms with van der Waals surface area (Å²) >= 11 is 0. The van der Waals surface area contributed by atoms with E-state index in [-0.39, 0.29) is 25.8 Å². The predicted octanol–water partition coefficient (Wildman–Crippen LogP) is 0.554. The number of hydrogen-bond donors (Lipinski definition) is 7. The molecule has 0 unspecified atom stereocenters. The molecule has 7 N–H and O–H groups in total. The zero-order valence-corrected chi connectivity index (χ0v) is 23.3. The zero-order chi connectivity index (χ0) is 30.8. The number of unbranched alkanes of at least 4 members (excludes halogenated alkanes) is 1. The quantitative estimate of drug-likeness (QED) is 0.0748. The van der Waals surface area contributed by atoms with E-state index in [1.54, 1.807) is 0 Å². The molecule has 40 heavy (non-hydrogen) atoms. The lowest BCUT2D eigenvalue weighted by Gasteiger charge is -2.25. The average molecular weight is 571 g/mol. The maximum absolute atomic E-state index is 13.0. The third kappa shape index (κ3) is 16.8. The first-order chi connectivity index (χ1) is 18.6. The lowest BCUT2D eigenvalue weighted by Crippen LogP contribution is -2.56. The van der Waals surface area contributed by atoms with E-state index in [2.05, 4.69) is 27.8 Å². The number of carboxylic acids is 3. The summed E-state index contributed by atoms with van der Waals surface area (Å²) in [6.45, 7) is 9.27. The summed E-state index contributed by atoms with van der Waals surface area (Å²) in [5.74, 6) is -6.48. The van der Waals surface area contributed by atoms with Gasteiger partial charge < -0.3 is 36.6 Å². The van der Waals surface area contributed by atoms with Crippen LogP contribution in [0.3, 0.4) is 0 Å². The number of aliphatic carboxylic acids is 3. The van der Waals surface area contributed by atoms with E-state index < -0.39 is 78.9 Å². The van der Waals surface area contributed by atoms with Crippen molar-refractivity contribution in [2.75, 3.05) is 6.54 Å². The van der Waals surface area contributed by atoms with Crippen LogP contribution in [-0.4, -0.2) is 81.5 Å². The molecule has 0 aliphatic rings. The molecule has 0 rings (SSSR count). The molecule has 4 amide bonds. The average Bonchev–Trinajstić information content (AvgIpc) is 2.85. The first-order valence-corrected chi connectivity index (χ1v) is 13.1. The van der Waals surface area contributed by atoms with Gasteiger partial charge in [0.15, 0.2) is 0 Å². The number of carbonyl (C=O) groups is 7. The zero-order valence-electron chi connectivity index (χ0n) is 23.3. The second-order valence-electron chi connectivity index (χ2n) is 9.71. The molecule has 0 saturated heterocycles. The third-order valence-electron chi connectivity index (χ3n) is 6.10. The molecule has 0 saturated carbocycles. The molecular weight excluding hydrogens is 528 g/mol. The monoisotopic (exact) mass is 570 g/mol. The Morgan fingerprint density at radius 3 is 1.40 bits per heavy atom. The van der Waals surface area contributed by atoms with Crippen LogP contribution in [0.15, 0.2) is 12.2 Å². The number of rotatable bonds is 21. The summed E-state index contributed by atoms with van der Waals surface area (Å²) in [4.78, 5) is 83.2. The molecule has 0 bridgehead atoms. The van der Waals surface area contributed by atoms with Gasteiger partial charge in [0.1, 0.15) is 18.1 Å². The SMILES string of the molecule is C=C(C)[C@@H](C)CCCCNC(=O)[C@H](CCC(=O)O)NC(=O)[C@H](CCC(=O)O)NC(=O)[C@H](CCC(=O)O)NC(C)=O. The Bertz CT molecular complexity index is 936. The standard InChI is InChI=1S/C26H42N4O10/c1-15(2)16(3)7-5-6-14-27-24(38)18(8-11-21(32)33)29-26(40)20(10-13-23(36)37)30-25(39)19(28-17(4)31)9-12-22(34)35/h16,18-20H,1,5-14H2,2-4H3,(H,27,38)(H,28,31)(H,29,40)(H,30,39)(H,32,33)(H,34,35)(H,36,37)/t16-,18-,19-,20-/m0/s1. The molecule has 0 heterocycles. The summed E-state index contributed by atoms with van der Waals surface area (Å²) in [7, 11) is 0. The van der Waals surface area contributed by atoms with Gasteiger partial charge in [-0.3, -0.25) is 33.6 Å². The molecule has 14 heteroatoms. The molecular formula is C26H42N4O10. The number of allylic oxidation sites excluding steroid dienone is 1. The number of carboxylic acid groups (broad SMARTS) is 3. The highest BCUT2D eigenvalue weighted by Crippen LogP contribution is 2.14. The van der Waals surface area contributed by atoms with Gasteiger partial charge in [-0.15, -0.1) is 0 Å². The van der Waals surface area contributed by atoms with Crippen molar-refractivity contribution in [3.63, 3.8) is 0 Å². The Morgan fingerprint density at radius 1 is 0.625 bits per heavy atom. The normalized spacial score (nSPS) is 13.6. The van der Waals surface area contributed by atoms with E-state index in [0.717, 1.165) is 25.3 Å². The number of carbonyl (C=O) groups excluding carboxylic acids is 4. The molecule has 4 atom stereocenters. The summed E-state index contributed by atoms with van der Waals surface area (Å²) in [6, 6.07) is -4.05. The van der Waals surface area contributed by atoms with Gasteiger partial charge in [-0.2, -0.15) is 0 Å². The number of nitrogens with one attached hydrogen (secondary N) is 4. The maximum atomic E-state index is 13.0. The summed E-state index contributed by atoms with van der Waals surface area (Å²) in [5.41, 5.74) is 1.05. The summed E-state index contributed by atoms with van der Waals surface area (Å²) in [6.07, 6.45) is -0.0489. The Balaban J connectivity index is 5.49. The van der Waals surface area contributed by atoms with E-state index >= 15 is 0 Å². The minimum absolute atomic E-state index is 0.258. The first-order valence-electron chi connectivity index (χ1n) is 13.1. The van der Waals surface area contributed by atoms with Crippen LogP contribution in [0.4, 0.5) is 0 Å².